The fourth-order valence-corrected chi connectivity index (χ4v) is 3.42. The van der Waals surface area contributed by atoms with Crippen molar-refractivity contribution in [3.63, 3.8) is 0 Å². The quantitative estimate of drug-likeness (QED) is 0.558. The lowest BCUT2D eigenvalue weighted by Gasteiger charge is -2.22. The number of ether oxygens (including phenoxy) is 2. The Morgan fingerprint density at radius 1 is 1.12 bits per heavy atom. The normalized spacial score (nSPS) is 18.4. The van der Waals surface area contributed by atoms with Gasteiger partial charge in [0.05, 0.1) is 12.7 Å². The van der Waals surface area contributed by atoms with Crippen molar-refractivity contribution in [2.24, 2.45) is 0 Å². The predicted molar refractivity (Wildman–Crippen MR) is 106 cm³/mol. The molecule has 1 aromatic heterocycles. The largest absolute Gasteiger partial charge is 0.573 e. The van der Waals surface area contributed by atoms with Crippen LogP contribution in [0.25, 0.3) is 11.4 Å². The van der Waals surface area contributed by atoms with Gasteiger partial charge in [0.1, 0.15) is 23.6 Å². The summed E-state index contributed by atoms with van der Waals surface area (Å²) in [7, 11) is 1.50. The molecule has 1 atom stereocenters. The molecule has 1 unspecified atom stereocenters. The van der Waals surface area contributed by atoms with Gasteiger partial charge in [0.25, 0.3) is 5.91 Å². The predicted octanol–water partition coefficient (Wildman–Crippen LogP) is 3.61. The van der Waals surface area contributed by atoms with Crippen LogP contribution >= 0.6 is 0 Å². The molecule has 0 spiro atoms. The highest BCUT2D eigenvalue weighted by Gasteiger charge is 2.49. The van der Waals surface area contributed by atoms with E-state index in [0.29, 0.717) is 11.3 Å². The van der Waals surface area contributed by atoms with Gasteiger partial charge < -0.3 is 19.3 Å². The van der Waals surface area contributed by atoms with Crippen LogP contribution in [0.2, 0.25) is 0 Å². The van der Waals surface area contributed by atoms with Gasteiger partial charge in [-0.05, 0) is 36.8 Å². The van der Waals surface area contributed by atoms with Gasteiger partial charge in [0, 0.05) is 0 Å². The van der Waals surface area contributed by atoms with E-state index in [9.17, 15) is 22.8 Å². The number of rotatable bonds is 6. The first-order valence-corrected chi connectivity index (χ1v) is 9.57. The molecule has 12 heteroatoms. The Labute approximate surface area is 185 Å². The van der Waals surface area contributed by atoms with E-state index in [0.717, 1.165) is 17.0 Å². The molecular weight excluding hydrogens is 445 g/mol. The summed E-state index contributed by atoms with van der Waals surface area (Å²) in [4.78, 5) is 30.7. The molecular formula is C21H17F3N4O5. The number of carbonyl (C=O) groups excluding carboxylic acids is 2. The number of nitrogens with zero attached hydrogens (tertiary/aromatic N) is 3. The van der Waals surface area contributed by atoms with Crippen LogP contribution in [-0.4, -0.2) is 40.5 Å². The molecule has 1 fully saturated rings. The van der Waals surface area contributed by atoms with Gasteiger partial charge in [0.15, 0.2) is 0 Å². The zero-order valence-electron chi connectivity index (χ0n) is 17.3. The fraction of sp³-hybridized carbons (Fsp3) is 0.238. The summed E-state index contributed by atoms with van der Waals surface area (Å²) in [5.74, 6) is -0.326. The summed E-state index contributed by atoms with van der Waals surface area (Å²) in [6.45, 7) is 1.15. The highest BCUT2D eigenvalue weighted by Crippen LogP contribution is 2.32. The number of para-hydroxylation sites is 1. The zero-order chi connectivity index (χ0) is 23.8. The van der Waals surface area contributed by atoms with Crippen molar-refractivity contribution in [3.05, 3.63) is 60.0 Å². The SMILES string of the molecule is COc1ccccc1-c1noc(CN2C(=O)NC(C)(c3ccc(OC(F)(F)F)cc3)C2=O)n1. The number of hydrogen-bond donors (Lipinski definition) is 1. The minimum atomic E-state index is -4.84. The lowest BCUT2D eigenvalue weighted by atomic mass is 9.92. The molecule has 1 saturated heterocycles. The molecule has 2 aromatic carbocycles. The molecule has 0 saturated carbocycles. The van der Waals surface area contributed by atoms with Gasteiger partial charge >= 0.3 is 12.4 Å². The van der Waals surface area contributed by atoms with Crippen LogP contribution in [0.3, 0.4) is 0 Å². The van der Waals surface area contributed by atoms with E-state index in [2.05, 4.69) is 20.2 Å². The van der Waals surface area contributed by atoms with Crippen LogP contribution in [0.1, 0.15) is 18.4 Å². The van der Waals surface area contributed by atoms with Gasteiger partial charge in [-0.25, -0.2) is 4.79 Å². The number of imide groups is 1. The van der Waals surface area contributed by atoms with Crippen molar-refractivity contribution >= 4 is 11.9 Å². The van der Waals surface area contributed by atoms with Gasteiger partial charge in [-0.3, -0.25) is 9.69 Å². The molecule has 172 valence electrons. The van der Waals surface area contributed by atoms with Crippen molar-refractivity contribution in [1.29, 1.82) is 0 Å². The first-order valence-electron chi connectivity index (χ1n) is 9.57. The van der Waals surface area contributed by atoms with E-state index in [1.807, 2.05) is 0 Å². The lowest BCUT2D eigenvalue weighted by molar-refractivity contribution is -0.274. The number of alkyl halides is 3. The van der Waals surface area contributed by atoms with Crippen molar-refractivity contribution in [1.82, 2.24) is 20.4 Å². The molecule has 1 aliphatic rings. The minimum absolute atomic E-state index is 0.0116. The number of aromatic nitrogens is 2. The molecule has 3 aromatic rings. The van der Waals surface area contributed by atoms with Crippen molar-refractivity contribution in [3.8, 4) is 22.9 Å². The Morgan fingerprint density at radius 2 is 1.82 bits per heavy atom. The number of amides is 3. The third kappa shape index (κ3) is 4.31. The molecule has 4 rings (SSSR count). The smallest absolute Gasteiger partial charge is 0.496 e. The van der Waals surface area contributed by atoms with Crippen LogP contribution in [-0.2, 0) is 16.9 Å². The average Bonchev–Trinajstić information content (AvgIpc) is 3.32. The number of carbonyl (C=O) groups is 2. The van der Waals surface area contributed by atoms with E-state index >= 15 is 0 Å². The van der Waals surface area contributed by atoms with Gasteiger partial charge in [-0.1, -0.05) is 29.4 Å². The molecule has 3 amide bonds. The molecule has 2 heterocycles. The first-order chi connectivity index (χ1) is 15.6. The topological polar surface area (TPSA) is 107 Å². The zero-order valence-corrected chi connectivity index (χ0v) is 17.3. The number of nitrogens with one attached hydrogen (secondary N) is 1. The van der Waals surface area contributed by atoms with E-state index < -0.39 is 29.6 Å². The highest BCUT2D eigenvalue weighted by molar-refractivity contribution is 6.07. The Kier molecular flexibility index (Phi) is 5.44. The van der Waals surface area contributed by atoms with Crippen molar-refractivity contribution < 1.29 is 36.8 Å². The molecule has 1 aliphatic heterocycles. The minimum Gasteiger partial charge on any atom is -0.496 e. The Morgan fingerprint density at radius 3 is 2.48 bits per heavy atom. The maximum atomic E-state index is 13.1. The van der Waals surface area contributed by atoms with Crippen LogP contribution in [0.4, 0.5) is 18.0 Å². The first kappa shape index (κ1) is 22.1. The standard InChI is InChI=1S/C21H17F3N4O5/c1-20(12-7-9-13(10-8-12)32-21(22,23)24)18(29)28(19(30)26-20)11-16-25-17(27-33-16)14-5-3-4-6-15(14)31-2/h3-10H,11H2,1-2H3,(H,26,30). The van der Waals surface area contributed by atoms with Crippen LogP contribution < -0.4 is 14.8 Å². The van der Waals surface area contributed by atoms with Crippen molar-refractivity contribution in [2.45, 2.75) is 25.4 Å². The van der Waals surface area contributed by atoms with Gasteiger partial charge in [0.2, 0.25) is 11.7 Å². The van der Waals surface area contributed by atoms with Crippen LogP contribution in [0.5, 0.6) is 11.5 Å². The fourth-order valence-electron chi connectivity index (χ4n) is 3.42. The van der Waals surface area contributed by atoms with E-state index in [4.69, 9.17) is 9.26 Å². The summed E-state index contributed by atoms with van der Waals surface area (Å²) in [6, 6.07) is 11.0. The van der Waals surface area contributed by atoms with E-state index in [1.54, 1.807) is 24.3 Å². The Balaban J connectivity index is 1.53. The highest BCUT2D eigenvalue weighted by atomic mass is 19.4. The van der Waals surface area contributed by atoms with Crippen molar-refractivity contribution in [2.75, 3.05) is 7.11 Å². The number of urea groups is 1. The third-order valence-corrected chi connectivity index (χ3v) is 5.05. The third-order valence-electron chi connectivity index (χ3n) is 5.05. The molecule has 0 aliphatic carbocycles. The lowest BCUT2D eigenvalue weighted by Crippen LogP contribution is -2.40. The summed E-state index contributed by atoms with van der Waals surface area (Å²) in [5, 5.41) is 6.43. The second-order valence-electron chi connectivity index (χ2n) is 7.23. The Bertz CT molecular complexity index is 1200. The molecule has 33 heavy (non-hydrogen) atoms. The second kappa shape index (κ2) is 8.11. The Hall–Kier alpha value is -4.09. The van der Waals surface area contributed by atoms with Crippen LogP contribution in [0.15, 0.2) is 53.1 Å². The molecule has 9 nitrogen and oxygen atoms in total. The molecule has 0 radical (unpaired) electrons. The number of hydrogen-bond acceptors (Lipinski definition) is 7. The van der Waals surface area contributed by atoms with E-state index in [1.165, 1.54) is 26.2 Å². The average molecular weight is 462 g/mol. The summed E-state index contributed by atoms with van der Waals surface area (Å²) in [6.07, 6.45) is -4.84. The number of methoxy groups -OCH3 is 1. The summed E-state index contributed by atoms with van der Waals surface area (Å²) >= 11 is 0. The summed E-state index contributed by atoms with van der Waals surface area (Å²) < 4.78 is 51.4. The number of benzene rings is 2. The molecule has 1 N–H and O–H groups in total. The second-order valence-corrected chi connectivity index (χ2v) is 7.23. The van der Waals surface area contributed by atoms with E-state index in [-0.39, 0.29) is 23.8 Å². The van der Waals surface area contributed by atoms with Gasteiger partial charge in [-0.2, -0.15) is 4.98 Å². The van der Waals surface area contributed by atoms with Gasteiger partial charge in [-0.15, -0.1) is 13.2 Å². The number of halogens is 3. The maximum Gasteiger partial charge on any atom is 0.573 e. The van der Waals surface area contributed by atoms with Crippen LogP contribution in [0, 0.1) is 0 Å². The summed E-state index contributed by atoms with van der Waals surface area (Å²) in [5.41, 5.74) is -0.657. The monoisotopic (exact) mass is 462 g/mol. The molecule has 0 bridgehead atoms. The maximum absolute atomic E-state index is 13.1.